The monoisotopic (exact) mass is 416 g/mol. The van der Waals surface area contributed by atoms with Gasteiger partial charge in [-0.15, -0.1) is 0 Å². The van der Waals surface area contributed by atoms with E-state index in [9.17, 15) is 4.39 Å². The highest BCUT2D eigenvalue weighted by Gasteiger charge is 2.32. The Balaban J connectivity index is 1.46. The van der Waals surface area contributed by atoms with Crippen LogP contribution in [-0.2, 0) is 11.3 Å². The Morgan fingerprint density at radius 2 is 1.81 bits per heavy atom. The molecule has 5 rings (SSSR count). The van der Waals surface area contributed by atoms with Crippen molar-refractivity contribution in [2.24, 2.45) is 0 Å². The van der Waals surface area contributed by atoms with Crippen LogP contribution in [0.2, 0.25) is 0 Å². The summed E-state index contributed by atoms with van der Waals surface area (Å²) in [5.74, 6) is -0.0434. The SMILES string of the molecule is CN(C)CCC(c1ccc(F)cc1)C1OCc2cc(-c3ccc4ocnc4c3)ccc21. The number of halogens is 1. The van der Waals surface area contributed by atoms with Gasteiger partial charge in [0.05, 0.1) is 12.7 Å². The fourth-order valence-corrected chi connectivity index (χ4v) is 4.43. The number of ether oxygens (including phenoxy) is 1. The maximum Gasteiger partial charge on any atom is 0.181 e. The number of benzene rings is 3. The highest BCUT2D eigenvalue weighted by Crippen LogP contribution is 2.44. The molecule has 5 heteroatoms. The summed E-state index contributed by atoms with van der Waals surface area (Å²) in [7, 11) is 4.15. The second-order valence-corrected chi connectivity index (χ2v) is 8.43. The molecule has 0 aliphatic carbocycles. The average molecular weight is 416 g/mol. The van der Waals surface area contributed by atoms with Gasteiger partial charge in [0.25, 0.3) is 0 Å². The van der Waals surface area contributed by atoms with E-state index in [0.717, 1.165) is 40.8 Å². The van der Waals surface area contributed by atoms with Crippen LogP contribution in [0.1, 0.15) is 35.1 Å². The summed E-state index contributed by atoms with van der Waals surface area (Å²) in [5, 5.41) is 0. The van der Waals surface area contributed by atoms with Gasteiger partial charge >= 0.3 is 0 Å². The summed E-state index contributed by atoms with van der Waals surface area (Å²) < 4.78 is 25.2. The average Bonchev–Trinajstić information content (AvgIpc) is 3.41. The summed E-state index contributed by atoms with van der Waals surface area (Å²) >= 11 is 0. The van der Waals surface area contributed by atoms with Crippen LogP contribution in [0.5, 0.6) is 0 Å². The highest BCUT2D eigenvalue weighted by molar-refractivity contribution is 5.80. The van der Waals surface area contributed by atoms with Crippen molar-refractivity contribution >= 4 is 11.1 Å². The molecule has 0 amide bonds. The van der Waals surface area contributed by atoms with E-state index >= 15 is 0 Å². The highest BCUT2D eigenvalue weighted by atomic mass is 19.1. The summed E-state index contributed by atoms with van der Waals surface area (Å²) in [6.45, 7) is 1.52. The Kier molecular flexibility index (Phi) is 5.30. The number of rotatable bonds is 6. The van der Waals surface area contributed by atoms with E-state index in [1.54, 1.807) is 0 Å². The first-order chi connectivity index (χ1) is 15.1. The molecule has 1 aliphatic rings. The van der Waals surface area contributed by atoms with Crippen molar-refractivity contribution in [3.63, 3.8) is 0 Å². The van der Waals surface area contributed by atoms with E-state index < -0.39 is 0 Å². The normalized spacial score (nSPS) is 16.7. The Hall–Kier alpha value is -3.02. The predicted molar refractivity (Wildman–Crippen MR) is 119 cm³/mol. The minimum atomic E-state index is -0.212. The number of nitrogens with zero attached hydrogens (tertiary/aromatic N) is 2. The van der Waals surface area contributed by atoms with E-state index in [-0.39, 0.29) is 17.8 Å². The number of hydrogen-bond acceptors (Lipinski definition) is 4. The lowest BCUT2D eigenvalue weighted by Crippen LogP contribution is -2.19. The molecule has 0 N–H and O–H groups in total. The van der Waals surface area contributed by atoms with Gasteiger partial charge in [-0.1, -0.05) is 30.3 Å². The molecule has 0 saturated carbocycles. The van der Waals surface area contributed by atoms with Crippen molar-refractivity contribution in [2.75, 3.05) is 20.6 Å². The van der Waals surface area contributed by atoms with E-state index in [1.165, 1.54) is 29.7 Å². The number of hydrogen-bond donors (Lipinski definition) is 0. The van der Waals surface area contributed by atoms with E-state index in [0.29, 0.717) is 6.61 Å². The molecule has 4 nitrogen and oxygen atoms in total. The van der Waals surface area contributed by atoms with Gasteiger partial charge in [0.15, 0.2) is 12.0 Å². The summed E-state index contributed by atoms with van der Waals surface area (Å²) in [4.78, 5) is 6.44. The first-order valence-corrected chi connectivity index (χ1v) is 10.6. The molecule has 0 saturated heterocycles. The van der Waals surface area contributed by atoms with Gasteiger partial charge in [-0.25, -0.2) is 9.37 Å². The van der Waals surface area contributed by atoms with Gasteiger partial charge in [-0.3, -0.25) is 0 Å². The molecule has 0 radical (unpaired) electrons. The first-order valence-electron chi connectivity index (χ1n) is 10.6. The smallest absolute Gasteiger partial charge is 0.181 e. The standard InChI is InChI=1S/C26H25FN2O2/c1-29(2)12-11-23(17-3-7-21(27)8-4-17)26-22-9-5-18(13-20(22)15-30-26)19-6-10-25-24(14-19)28-16-31-25/h3-10,13-14,16,23,26H,11-12,15H2,1-2H3. The summed E-state index contributed by atoms with van der Waals surface area (Å²) in [6.07, 6.45) is 2.37. The third-order valence-corrected chi connectivity index (χ3v) is 6.08. The van der Waals surface area contributed by atoms with Crippen LogP contribution in [-0.4, -0.2) is 30.5 Å². The van der Waals surface area contributed by atoms with Crippen molar-refractivity contribution in [2.45, 2.75) is 25.0 Å². The number of aromatic nitrogens is 1. The van der Waals surface area contributed by atoms with Crippen molar-refractivity contribution < 1.29 is 13.5 Å². The van der Waals surface area contributed by atoms with Gasteiger partial charge in [0, 0.05) is 5.92 Å². The van der Waals surface area contributed by atoms with Gasteiger partial charge in [-0.05, 0) is 85.2 Å². The predicted octanol–water partition coefficient (Wildman–Crippen LogP) is 5.94. The fourth-order valence-electron chi connectivity index (χ4n) is 4.43. The van der Waals surface area contributed by atoms with Crippen LogP contribution in [0, 0.1) is 5.82 Å². The molecule has 4 aromatic rings. The quantitative estimate of drug-likeness (QED) is 0.390. The zero-order chi connectivity index (χ0) is 21.4. The molecular weight excluding hydrogens is 391 g/mol. The zero-order valence-corrected chi connectivity index (χ0v) is 17.7. The van der Waals surface area contributed by atoms with Crippen LogP contribution in [0.3, 0.4) is 0 Å². The molecule has 2 heterocycles. The van der Waals surface area contributed by atoms with Crippen molar-refractivity contribution in [3.8, 4) is 11.1 Å². The third kappa shape index (κ3) is 3.99. The molecule has 158 valence electrons. The van der Waals surface area contributed by atoms with Crippen LogP contribution < -0.4 is 0 Å². The molecule has 3 aromatic carbocycles. The largest absolute Gasteiger partial charge is 0.443 e. The molecule has 2 unspecified atom stereocenters. The van der Waals surface area contributed by atoms with E-state index in [2.05, 4.69) is 48.2 Å². The molecule has 1 aromatic heterocycles. The van der Waals surface area contributed by atoms with Gasteiger partial charge in [0.1, 0.15) is 11.3 Å². The second kappa shape index (κ2) is 8.25. The van der Waals surface area contributed by atoms with Crippen LogP contribution in [0.4, 0.5) is 4.39 Å². The van der Waals surface area contributed by atoms with Gasteiger partial charge in [0.2, 0.25) is 0 Å². The fraction of sp³-hybridized carbons (Fsp3) is 0.269. The zero-order valence-electron chi connectivity index (χ0n) is 17.7. The maximum absolute atomic E-state index is 13.5. The molecule has 1 aliphatic heterocycles. The van der Waals surface area contributed by atoms with Crippen molar-refractivity contribution in [3.05, 3.63) is 89.6 Å². The third-order valence-electron chi connectivity index (χ3n) is 6.08. The minimum absolute atomic E-state index is 0.0347. The molecule has 0 fully saturated rings. The summed E-state index contributed by atoms with van der Waals surface area (Å²) in [5.41, 5.74) is 7.43. The number of oxazole rings is 1. The Bertz CT molecular complexity index is 1200. The van der Waals surface area contributed by atoms with Gasteiger partial charge in [-0.2, -0.15) is 0 Å². The topological polar surface area (TPSA) is 38.5 Å². The summed E-state index contributed by atoms with van der Waals surface area (Å²) in [6, 6.07) is 19.5. The van der Waals surface area contributed by atoms with Crippen LogP contribution in [0.25, 0.3) is 22.2 Å². The van der Waals surface area contributed by atoms with E-state index in [4.69, 9.17) is 9.15 Å². The Morgan fingerprint density at radius 3 is 2.61 bits per heavy atom. The second-order valence-electron chi connectivity index (χ2n) is 8.43. The molecule has 0 spiro atoms. The minimum Gasteiger partial charge on any atom is -0.443 e. The van der Waals surface area contributed by atoms with Crippen molar-refractivity contribution in [1.82, 2.24) is 9.88 Å². The molecule has 0 bridgehead atoms. The van der Waals surface area contributed by atoms with Crippen molar-refractivity contribution in [1.29, 1.82) is 0 Å². The maximum atomic E-state index is 13.5. The Morgan fingerprint density at radius 1 is 1.03 bits per heavy atom. The van der Waals surface area contributed by atoms with Gasteiger partial charge < -0.3 is 14.1 Å². The lowest BCUT2D eigenvalue weighted by molar-refractivity contribution is 0.0420. The number of fused-ring (bicyclic) bond motifs is 2. The first kappa shape index (κ1) is 19.9. The molecule has 2 atom stereocenters. The lowest BCUT2D eigenvalue weighted by Gasteiger charge is -2.26. The van der Waals surface area contributed by atoms with Crippen LogP contribution in [0.15, 0.2) is 71.5 Å². The molecule has 31 heavy (non-hydrogen) atoms. The van der Waals surface area contributed by atoms with E-state index in [1.807, 2.05) is 24.3 Å². The molecular formula is C26H25FN2O2. The lowest BCUT2D eigenvalue weighted by atomic mass is 9.85. The Labute approximate surface area is 181 Å². The van der Waals surface area contributed by atoms with Crippen LogP contribution >= 0.6 is 0 Å².